The molecule has 1 aromatic carbocycles. The Morgan fingerprint density at radius 3 is 2.65 bits per heavy atom. The molecule has 2 amide bonds. The molecule has 1 aliphatic heterocycles. The molecule has 1 aromatic rings. The van der Waals surface area contributed by atoms with E-state index in [1.54, 1.807) is 17.9 Å². The Kier molecular flexibility index (Phi) is 4.33. The summed E-state index contributed by atoms with van der Waals surface area (Å²) in [7, 11) is 0. The van der Waals surface area contributed by atoms with Crippen LogP contribution in [0.25, 0.3) is 0 Å². The highest BCUT2D eigenvalue weighted by Gasteiger charge is 2.38. The van der Waals surface area contributed by atoms with Gasteiger partial charge in [0.15, 0.2) is 0 Å². The fourth-order valence-corrected chi connectivity index (χ4v) is 2.57. The van der Waals surface area contributed by atoms with E-state index < -0.39 is 12.1 Å². The van der Waals surface area contributed by atoms with Crippen molar-refractivity contribution in [3.63, 3.8) is 0 Å². The van der Waals surface area contributed by atoms with Gasteiger partial charge in [0.25, 0.3) is 0 Å². The second kappa shape index (κ2) is 5.83. The molecule has 1 N–H and O–H groups in total. The van der Waals surface area contributed by atoms with Crippen molar-refractivity contribution in [2.45, 2.75) is 45.7 Å². The van der Waals surface area contributed by atoms with E-state index >= 15 is 0 Å². The maximum absolute atomic E-state index is 12.5. The zero-order chi connectivity index (χ0) is 14.9. The number of rotatable bonds is 3. The van der Waals surface area contributed by atoms with Crippen LogP contribution >= 0.6 is 11.6 Å². The lowest BCUT2D eigenvalue weighted by molar-refractivity contribution is -0.133. The number of aryl methyl sites for hydroxylation is 1. The summed E-state index contributed by atoms with van der Waals surface area (Å²) in [4.78, 5) is 26.1. The summed E-state index contributed by atoms with van der Waals surface area (Å²) in [6.07, 6.45) is 1.49. The van der Waals surface area contributed by atoms with Crippen LogP contribution in [-0.2, 0) is 9.59 Å². The maximum atomic E-state index is 12.5. The van der Waals surface area contributed by atoms with E-state index in [2.05, 4.69) is 5.32 Å². The third kappa shape index (κ3) is 2.66. The number of carbonyl (C=O) groups excluding carboxylic acids is 2. The number of amides is 2. The van der Waals surface area contributed by atoms with Crippen LogP contribution in [0, 0.1) is 6.92 Å². The van der Waals surface area contributed by atoms with Crippen LogP contribution in [0.1, 0.15) is 32.3 Å². The van der Waals surface area contributed by atoms with E-state index in [1.165, 1.54) is 0 Å². The summed E-state index contributed by atoms with van der Waals surface area (Å²) < 4.78 is 0. The van der Waals surface area contributed by atoms with Crippen molar-refractivity contribution >= 4 is 29.1 Å². The van der Waals surface area contributed by atoms with Crippen LogP contribution in [-0.4, -0.2) is 23.9 Å². The van der Waals surface area contributed by atoms with Crippen molar-refractivity contribution in [1.29, 1.82) is 0 Å². The smallest absolute Gasteiger partial charge is 0.250 e. The first kappa shape index (κ1) is 14.9. The van der Waals surface area contributed by atoms with Crippen LogP contribution in [0.5, 0.6) is 0 Å². The number of nitrogens with zero attached hydrogens (tertiary/aromatic N) is 1. The normalized spacial score (nSPS) is 22.9. The molecule has 108 valence electrons. The first-order chi connectivity index (χ1) is 9.45. The van der Waals surface area contributed by atoms with Gasteiger partial charge in [-0.15, -0.1) is 0 Å². The molecule has 20 heavy (non-hydrogen) atoms. The first-order valence-electron chi connectivity index (χ1n) is 6.85. The third-order valence-corrected chi connectivity index (χ3v) is 4.04. The monoisotopic (exact) mass is 294 g/mol. The van der Waals surface area contributed by atoms with E-state index in [4.69, 9.17) is 11.6 Å². The number of hydrogen-bond donors (Lipinski definition) is 1. The van der Waals surface area contributed by atoms with Crippen molar-refractivity contribution in [3.05, 3.63) is 28.8 Å². The molecule has 0 bridgehead atoms. The maximum Gasteiger partial charge on any atom is 0.250 e. The van der Waals surface area contributed by atoms with Gasteiger partial charge in [0.05, 0.1) is 0 Å². The molecule has 0 aromatic heterocycles. The van der Waals surface area contributed by atoms with Gasteiger partial charge in [-0.05, 0) is 38.0 Å². The number of carbonyl (C=O) groups is 2. The summed E-state index contributed by atoms with van der Waals surface area (Å²) in [6, 6.07) is 4.47. The number of nitrogens with one attached hydrogen (secondary N) is 1. The van der Waals surface area contributed by atoms with Gasteiger partial charge in [-0.2, -0.15) is 0 Å². The molecule has 1 fully saturated rings. The second-order valence-corrected chi connectivity index (χ2v) is 5.57. The van der Waals surface area contributed by atoms with E-state index in [0.717, 1.165) is 12.0 Å². The largest absolute Gasteiger partial charge is 0.342 e. The Morgan fingerprint density at radius 2 is 2.05 bits per heavy atom. The summed E-state index contributed by atoms with van der Waals surface area (Å²) in [5, 5.41) is 3.38. The molecule has 0 spiro atoms. The van der Waals surface area contributed by atoms with Crippen LogP contribution in [0.3, 0.4) is 0 Å². The Hall–Kier alpha value is -1.55. The molecule has 0 saturated carbocycles. The molecular weight excluding hydrogens is 276 g/mol. The highest BCUT2D eigenvalue weighted by atomic mass is 35.5. The number of hydrogen-bond acceptors (Lipinski definition) is 2. The van der Waals surface area contributed by atoms with E-state index in [-0.39, 0.29) is 11.8 Å². The molecule has 1 aliphatic rings. The van der Waals surface area contributed by atoms with Crippen LogP contribution in [0.4, 0.5) is 5.69 Å². The lowest BCUT2D eigenvalue weighted by Crippen LogP contribution is -2.62. The molecule has 4 nitrogen and oxygen atoms in total. The highest BCUT2D eigenvalue weighted by molar-refractivity contribution is 6.31. The summed E-state index contributed by atoms with van der Waals surface area (Å²) in [6.45, 7) is 5.62. The van der Waals surface area contributed by atoms with Crippen LogP contribution in [0.15, 0.2) is 18.2 Å². The molecular formula is C15H19ClN2O2. The molecule has 2 rings (SSSR count). The first-order valence-corrected chi connectivity index (χ1v) is 7.23. The summed E-state index contributed by atoms with van der Waals surface area (Å²) in [5.74, 6) is -0.196. The average Bonchev–Trinajstić information content (AvgIpc) is 2.40. The molecule has 0 radical (unpaired) electrons. The van der Waals surface area contributed by atoms with Crippen LogP contribution < -0.4 is 10.2 Å². The molecule has 2 unspecified atom stereocenters. The molecule has 2 atom stereocenters. The highest BCUT2D eigenvalue weighted by Crippen LogP contribution is 2.27. The summed E-state index contributed by atoms with van der Waals surface area (Å²) >= 11 is 6.12. The Labute approximate surface area is 124 Å². The zero-order valence-corrected chi connectivity index (χ0v) is 12.7. The second-order valence-electron chi connectivity index (χ2n) is 5.17. The van der Waals surface area contributed by atoms with E-state index in [1.807, 2.05) is 26.0 Å². The molecule has 1 heterocycles. The standard InChI is InChI=1S/C15H19ClN2O2/c1-4-5-13-15(20)18(10(3)14(19)17-13)11-7-6-9(2)12(16)8-11/h6-8,10,13H,4-5H2,1-3H3,(H,17,19). The number of anilines is 1. The minimum absolute atomic E-state index is 0.0705. The van der Waals surface area contributed by atoms with Gasteiger partial charge < -0.3 is 5.32 Å². The van der Waals surface area contributed by atoms with Gasteiger partial charge in [0.1, 0.15) is 12.1 Å². The van der Waals surface area contributed by atoms with Gasteiger partial charge in [-0.3, -0.25) is 14.5 Å². The molecule has 0 aliphatic carbocycles. The average molecular weight is 295 g/mol. The SMILES string of the molecule is CCCC1NC(=O)C(C)N(c2ccc(C)c(Cl)c2)C1=O. The fraction of sp³-hybridized carbons (Fsp3) is 0.467. The Morgan fingerprint density at radius 1 is 1.35 bits per heavy atom. The van der Waals surface area contributed by atoms with E-state index in [9.17, 15) is 9.59 Å². The summed E-state index contributed by atoms with van der Waals surface area (Å²) in [5.41, 5.74) is 1.62. The van der Waals surface area contributed by atoms with Crippen LogP contribution in [0.2, 0.25) is 5.02 Å². The lowest BCUT2D eigenvalue weighted by atomic mass is 10.0. The number of benzene rings is 1. The van der Waals surface area contributed by atoms with Gasteiger partial charge in [0, 0.05) is 10.7 Å². The van der Waals surface area contributed by atoms with Gasteiger partial charge in [-0.1, -0.05) is 31.0 Å². The number of halogens is 1. The van der Waals surface area contributed by atoms with Crippen molar-refractivity contribution in [3.8, 4) is 0 Å². The van der Waals surface area contributed by atoms with Gasteiger partial charge in [-0.25, -0.2) is 0 Å². The topological polar surface area (TPSA) is 49.4 Å². The molecule has 1 saturated heterocycles. The van der Waals surface area contributed by atoms with E-state index in [0.29, 0.717) is 17.1 Å². The Balaban J connectivity index is 2.37. The fourth-order valence-electron chi connectivity index (χ4n) is 2.40. The van der Waals surface area contributed by atoms with Gasteiger partial charge in [0.2, 0.25) is 11.8 Å². The van der Waals surface area contributed by atoms with Crippen molar-refractivity contribution in [1.82, 2.24) is 5.32 Å². The molecule has 5 heteroatoms. The van der Waals surface area contributed by atoms with Gasteiger partial charge >= 0.3 is 0 Å². The third-order valence-electron chi connectivity index (χ3n) is 3.63. The van der Waals surface area contributed by atoms with Crippen molar-refractivity contribution in [2.24, 2.45) is 0 Å². The predicted molar refractivity (Wildman–Crippen MR) is 80.0 cm³/mol. The quantitative estimate of drug-likeness (QED) is 0.932. The number of piperazine rings is 1. The zero-order valence-electron chi connectivity index (χ0n) is 11.9. The van der Waals surface area contributed by atoms with Crippen molar-refractivity contribution < 1.29 is 9.59 Å². The minimum Gasteiger partial charge on any atom is -0.342 e. The van der Waals surface area contributed by atoms with Crippen molar-refractivity contribution in [2.75, 3.05) is 4.90 Å². The minimum atomic E-state index is -0.519. The Bertz CT molecular complexity index is 545. The predicted octanol–water partition coefficient (Wildman–Crippen LogP) is 2.67. The lowest BCUT2D eigenvalue weighted by Gasteiger charge is -2.37.